The van der Waals surface area contributed by atoms with Gasteiger partial charge in [0.2, 0.25) is 23.6 Å². The van der Waals surface area contributed by atoms with Gasteiger partial charge in [-0.1, -0.05) is 0 Å². The molecule has 12 heterocycles. The Labute approximate surface area is 736 Å². The summed E-state index contributed by atoms with van der Waals surface area (Å²) in [6.45, 7) is 15.2. The SMILES string of the molecule is Cc1nc2c(o1)CN(C(=O)Cn1cc(-c3ccc(F)c(C)c3)nc1-c1ccc(F)cc1)CC2.Cc1nc2c(o1)CN(C(=O)Cn1cc(-c3ccc(F)cc3)nc1-c1ccc(F)cc1)CC2.Cc1nc2c(s1)CN(C(=O)Cn1cc(-c3ccc(F)c(C)c3)nc1-c1ccc(F)cc1)C2.Cc1nc2c(s1)CN(C(=O)Cn1cc(-c3ccc(F)cc3)nc1-c1ccc(F)cc1)C2. The van der Waals surface area contributed by atoms with E-state index < -0.39 is 0 Å². The zero-order chi connectivity index (χ0) is 89.3. The number of amides is 4. The summed E-state index contributed by atoms with van der Waals surface area (Å²) in [6, 6.07) is 45.5. The molecule has 128 heavy (non-hydrogen) atoms. The Morgan fingerprint density at radius 1 is 0.305 bits per heavy atom. The van der Waals surface area contributed by atoms with E-state index in [-0.39, 0.29) is 96.3 Å². The fourth-order valence-electron chi connectivity index (χ4n) is 15.6. The van der Waals surface area contributed by atoms with E-state index in [0.717, 1.165) is 76.3 Å². The van der Waals surface area contributed by atoms with Gasteiger partial charge >= 0.3 is 0 Å². The van der Waals surface area contributed by atoms with E-state index in [1.165, 1.54) is 84.9 Å². The van der Waals surface area contributed by atoms with E-state index in [4.69, 9.17) is 18.8 Å². The first kappa shape index (κ1) is 85.8. The van der Waals surface area contributed by atoms with Crippen molar-refractivity contribution in [1.29, 1.82) is 0 Å². The molecule has 0 saturated heterocycles. The van der Waals surface area contributed by atoms with Gasteiger partial charge in [0.25, 0.3) is 0 Å². The first-order valence-electron chi connectivity index (χ1n) is 41.0. The third kappa shape index (κ3) is 19.4. The first-order valence-corrected chi connectivity index (χ1v) is 42.6. The molecule has 16 aromatic rings. The van der Waals surface area contributed by atoms with E-state index in [9.17, 15) is 54.3 Å². The Morgan fingerprint density at radius 3 is 0.852 bits per heavy atom. The Kier molecular flexibility index (Phi) is 24.6. The van der Waals surface area contributed by atoms with Gasteiger partial charge in [0.15, 0.2) is 11.8 Å². The molecule has 0 N–H and O–H groups in total. The Bertz CT molecular complexity index is 6790. The zero-order valence-electron chi connectivity index (χ0n) is 70.0. The third-order valence-corrected chi connectivity index (χ3v) is 24.1. The predicted molar refractivity (Wildman–Crippen MR) is 464 cm³/mol. The van der Waals surface area contributed by atoms with Crippen LogP contribution in [0.15, 0.2) is 216 Å². The van der Waals surface area contributed by atoms with Gasteiger partial charge in [0.1, 0.15) is 108 Å². The summed E-state index contributed by atoms with van der Waals surface area (Å²) in [5.74, 6) is 1.91. The van der Waals surface area contributed by atoms with Gasteiger partial charge in [0.05, 0.1) is 94.8 Å². The smallest absolute Gasteiger partial charge is 0.243 e. The lowest BCUT2D eigenvalue weighted by Crippen LogP contribution is -2.37. The number of oxazole rings is 2. The van der Waals surface area contributed by atoms with Gasteiger partial charge in [-0.15, -0.1) is 22.7 Å². The number of hydrogen-bond donors (Lipinski definition) is 0. The van der Waals surface area contributed by atoms with Crippen molar-refractivity contribution in [2.45, 2.75) is 120 Å². The van der Waals surface area contributed by atoms with Crippen LogP contribution in [0.25, 0.3) is 90.6 Å². The van der Waals surface area contributed by atoms with Crippen LogP contribution in [0.2, 0.25) is 0 Å². The van der Waals surface area contributed by atoms with Crippen molar-refractivity contribution in [1.82, 2.24) is 77.7 Å². The lowest BCUT2D eigenvalue weighted by Gasteiger charge is -2.25. The van der Waals surface area contributed by atoms with Gasteiger partial charge in [-0.25, -0.2) is 75.0 Å². The molecule has 4 aliphatic rings. The minimum Gasteiger partial charge on any atom is -0.444 e. The van der Waals surface area contributed by atoms with Crippen LogP contribution < -0.4 is 0 Å². The van der Waals surface area contributed by atoms with Crippen LogP contribution in [-0.4, -0.2) is 114 Å². The van der Waals surface area contributed by atoms with E-state index >= 15 is 0 Å². The van der Waals surface area contributed by atoms with Crippen molar-refractivity contribution in [3.63, 3.8) is 0 Å². The van der Waals surface area contributed by atoms with E-state index in [1.807, 2.05) is 13.8 Å². The molecule has 0 spiro atoms. The maximum absolute atomic E-state index is 13.8. The number of halogens is 8. The number of hydrogen-bond acceptors (Lipinski definition) is 16. The van der Waals surface area contributed by atoms with Gasteiger partial charge in [0, 0.05) is 119 Å². The molecule has 8 aromatic carbocycles. The maximum atomic E-state index is 13.8. The Hall–Kier alpha value is -14.4. The molecule has 32 heteroatoms. The normalized spacial score (nSPS) is 13.1. The molecular weight excluding hydrogens is 1690 g/mol. The summed E-state index contributed by atoms with van der Waals surface area (Å²) >= 11 is 3.24. The third-order valence-electron chi connectivity index (χ3n) is 22.1. The molecule has 20 rings (SSSR count). The summed E-state index contributed by atoms with van der Waals surface area (Å²) < 4.78 is 126. The second-order valence-corrected chi connectivity index (χ2v) is 33.9. The van der Waals surface area contributed by atoms with E-state index in [1.54, 1.807) is 210 Å². The van der Waals surface area contributed by atoms with Crippen LogP contribution in [0.4, 0.5) is 35.1 Å². The average Bonchev–Trinajstić information content (AvgIpc) is 1.65. The summed E-state index contributed by atoms with van der Waals surface area (Å²) in [6.07, 6.45) is 8.39. The van der Waals surface area contributed by atoms with Crippen molar-refractivity contribution >= 4 is 46.3 Å². The van der Waals surface area contributed by atoms with Crippen molar-refractivity contribution in [2.24, 2.45) is 0 Å². The number of rotatable bonds is 16. The summed E-state index contributed by atoms with van der Waals surface area (Å²) in [4.78, 5) is 98.2. The standard InChI is InChI=1S/C25H22F2N4O2.C24H20F2N4O2.C24H20F2N4OS.C23H18F2N4OS/c1-15-11-18(5-8-20(15)27)22-12-31(25(29-22)17-3-6-19(26)7-4-17)14-24(32)30-10-9-21-23(13-30)33-16(2)28-21;1-15-27-20-10-11-29(13-22(20)32-15)23(31)14-30-12-21(16-2-6-18(25)7-3-16)28-24(30)17-4-8-19(26)9-5-17;1-14-9-17(5-8-19(14)26)20-10-30(24(28-20)16-3-6-18(25)7-4-16)13-23(31)29-11-21-22(12-29)32-15(2)27-21;1-14-26-20-11-28(12-21(20)31-14)22(30)13-29-10-19(15-2-6-17(24)7-3-15)27-23(29)16-4-8-18(25)9-5-16/h3-8,11-12H,9-10,13-14H2,1-2H3;2-9,12H,10-11,13-14H2,1H3;3-10H,11-13H2,1-2H3;2-10H,11-13H2,1H3. The molecule has 4 amide bonds. The highest BCUT2D eigenvalue weighted by Gasteiger charge is 2.33. The van der Waals surface area contributed by atoms with Crippen LogP contribution in [-0.2, 0) is 97.5 Å². The monoisotopic (exact) mass is 1770 g/mol. The molecule has 0 unspecified atom stereocenters. The van der Waals surface area contributed by atoms with E-state index in [2.05, 4.69) is 29.9 Å². The topological polar surface area (TPSA) is 230 Å². The lowest BCUT2D eigenvalue weighted by atomic mass is 10.1. The molecule has 8 aromatic heterocycles. The zero-order valence-corrected chi connectivity index (χ0v) is 71.6. The van der Waals surface area contributed by atoms with Crippen molar-refractivity contribution < 1.29 is 63.1 Å². The summed E-state index contributed by atoms with van der Waals surface area (Å²) in [5, 5.41) is 2.02. The number of nitrogens with zero attached hydrogens (tertiary/aromatic N) is 16. The number of aromatic nitrogens is 12. The highest BCUT2D eigenvalue weighted by molar-refractivity contribution is 7.12. The quantitative estimate of drug-likeness (QED) is 0.0819. The van der Waals surface area contributed by atoms with Gasteiger partial charge < -0.3 is 46.7 Å². The minimum absolute atomic E-state index is 0.0459. The number of carbonyl (C=O) groups excluding carboxylic acids is 4. The van der Waals surface area contributed by atoms with Gasteiger partial charge in [-0.05, 0) is 221 Å². The second-order valence-electron chi connectivity index (χ2n) is 31.3. The number of thiazole rings is 2. The molecule has 648 valence electrons. The van der Waals surface area contributed by atoms with Crippen LogP contribution in [0.3, 0.4) is 0 Å². The minimum atomic E-state index is -0.354. The molecule has 22 nitrogen and oxygen atoms in total. The molecular formula is C96H80F8N16O6S2. The Balaban J connectivity index is 0.000000120. The fourth-order valence-corrected chi connectivity index (χ4v) is 17.5. The number of imidazole rings is 4. The molecule has 0 saturated carbocycles. The predicted octanol–water partition coefficient (Wildman–Crippen LogP) is 19.0. The highest BCUT2D eigenvalue weighted by Crippen LogP contribution is 2.36. The maximum Gasteiger partial charge on any atom is 0.243 e. The number of benzene rings is 8. The second kappa shape index (κ2) is 36.7. The lowest BCUT2D eigenvalue weighted by molar-refractivity contribution is -0.133. The summed E-state index contributed by atoms with van der Waals surface area (Å²) in [7, 11) is 0. The van der Waals surface area contributed by atoms with Crippen molar-refractivity contribution in [2.75, 3.05) is 13.1 Å². The molecule has 0 bridgehead atoms. The summed E-state index contributed by atoms with van der Waals surface area (Å²) in [5.41, 5.74) is 12.9. The number of carbonyl (C=O) groups is 4. The van der Waals surface area contributed by atoms with Crippen LogP contribution >= 0.6 is 22.7 Å². The van der Waals surface area contributed by atoms with Gasteiger partial charge in [-0.2, -0.15) is 0 Å². The van der Waals surface area contributed by atoms with Crippen molar-refractivity contribution in [3.8, 4) is 90.6 Å². The molecule has 0 radical (unpaired) electrons. The largest absolute Gasteiger partial charge is 0.444 e. The highest BCUT2D eigenvalue weighted by atomic mass is 32.1. The van der Waals surface area contributed by atoms with Crippen LogP contribution in [0, 0.1) is 88.1 Å². The fraction of sp³-hybridized carbons (Fsp3) is 0.208. The molecule has 4 aliphatic heterocycles. The average molecular weight is 1770 g/mol. The number of fused-ring (bicyclic) bond motifs is 4. The first-order chi connectivity index (χ1) is 61.7. The molecule has 0 aliphatic carbocycles. The number of aryl methyl sites for hydroxylation is 6. The van der Waals surface area contributed by atoms with Crippen molar-refractivity contribution in [3.05, 3.63) is 330 Å². The molecule has 0 fully saturated rings. The van der Waals surface area contributed by atoms with Crippen LogP contribution in [0.1, 0.15) is 77.0 Å². The van der Waals surface area contributed by atoms with Gasteiger partial charge in [-0.3, -0.25) is 19.2 Å². The molecule has 0 atom stereocenters. The van der Waals surface area contributed by atoms with E-state index in [0.29, 0.717) is 156 Å². The Morgan fingerprint density at radius 2 is 0.570 bits per heavy atom. The van der Waals surface area contributed by atoms with Crippen LogP contribution in [0.5, 0.6) is 0 Å².